The van der Waals surface area contributed by atoms with Crippen LogP contribution in [0.2, 0.25) is 0 Å². The number of hydrogen-bond donors (Lipinski definition) is 3. The van der Waals surface area contributed by atoms with Gasteiger partial charge in [0.05, 0.1) is 6.21 Å². The summed E-state index contributed by atoms with van der Waals surface area (Å²) >= 11 is 1.33. The second-order valence-corrected chi connectivity index (χ2v) is 3.70. The van der Waals surface area contributed by atoms with Crippen LogP contribution >= 0.6 is 11.3 Å². The Balaban J connectivity index is 2.03. The van der Waals surface area contributed by atoms with E-state index in [0.29, 0.717) is 10.7 Å². The molecular weight excluding hydrogens is 228 g/mol. The predicted molar refractivity (Wildman–Crippen MR) is 60.9 cm³/mol. The topological polar surface area (TPSA) is 90.6 Å². The molecule has 6 nitrogen and oxygen atoms in total. The zero-order valence-corrected chi connectivity index (χ0v) is 8.85. The molecule has 1 aromatic carbocycles. The van der Waals surface area contributed by atoms with Crippen molar-refractivity contribution in [2.45, 2.75) is 0 Å². The smallest absolute Gasteiger partial charge is 0.225 e. The van der Waals surface area contributed by atoms with Crippen LogP contribution in [0, 0.1) is 0 Å². The third kappa shape index (κ3) is 2.45. The minimum absolute atomic E-state index is 0.158. The number of phenols is 2. The van der Waals surface area contributed by atoms with E-state index < -0.39 is 0 Å². The van der Waals surface area contributed by atoms with Crippen LogP contribution in [0.5, 0.6) is 11.5 Å². The largest absolute Gasteiger partial charge is 0.504 e. The van der Waals surface area contributed by atoms with Gasteiger partial charge in [0, 0.05) is 0 Å². The first-order chi connectivity index (χ1) is 7.75. The van der Waals surface area contributed by atoms with Gasteiger partial charge in [-0.1, -0.05) is 11.3 Å². The van der Waals surface area contributed by atoms with Gasteiger partial charge in [0.1, 0.15) is 5.51 Å². The SMILES string of the molecule is Oc1ccc(C=NNc2nncs2)cc1O. The summed E-state index contributed by atoms with van der Waals surface area (Å²) in [6.07, 6.45) is 1.50. The van der Waals surface area contributed by atoms with E-state index >= 15 is 0 Å². The molecule has 0 unspecified atom stereocenters. The number of hydrazone groups is 1. The molecule has 0 bridgehead atoms. The Morgan fingerprint density at radius 3 is 2.88 bits per heavy atom. The molecule has 0 saturated carbocycles. The maximum atomic E-state index is 9.23. The fourth-order valence-electron chi connectivity index (χ4n) is 1.00. The Morgan fingerprint density at radius 2 is 2.19 bits per heavy atom. The minimum atomic E-state index is -0.181. The van der Waals surface area contributed by atoms with Crippen molar-refractivity contribution in [3.05, 3.63) is 29.3 Å². The lowest BCUT2D eigenvalue weighted by molar-refractivity contribution is 0.403. The normalized spacial score (nSPS) is 10.8. The zero-order valence-electron chi connectivity index (χ0n) is 8.03. The van der Waals surface area contributed by atoms with Crippen molar-refractivity contribution in [1.29, 1.82) is 0 Å². The molecule has 0 saturated heterocycles. The molecule has 2 rings (SSSR count). The van der Waals surface area contributed by atoms with Crippen molar-refractivity contribution in [3.8, 4) is 11.5 Å². The molecule has 0 atom stereocenters. The van der Waals surface area contributed by atoms with Crippen LogP contribution in [-0.4, -0.2) is 26.6 Å². The Labute approximate surface area is 94.9 Å². The third-order valence-electron chi connectivity index (χ3n) is 1.73. The van der Waals surface area contributed by atoms with E-state index in [-0.39, 0.29) is 11.5 Å². The lowest BCUT2D eigenvalue weighted by Gasteiger charge is -1.98. The average molecular weight is 236 g/mol. The van der Waals surface area contributed by atoms with Crippen molar-refractivity contribution < 1.29 is 10.2 Å². The monoisotopic (exact) mass is 236 g/mol. The average Bonchev–Trinajstić information content (AvgIpc) is 2.76. The molecule has 0 fully saturated rings. The number of anilines is 1. The van der Waals surface area contributed by atoms with Gasteiger partial charge >= 0.3 is 0 Å². The highest BCUT2D eigenvalue weighted by atomic mass is 32.1. The van der Waals surface area contributed by atoms with Gasteiger partial charge < -0.3 is 10.2 Å². The lowest BCUT2D eigenvalue weighted by Crippen LogP contribution is -1.89. The summed E-state index contributed by atoms with van der Waals surface area (Å²) in [4.78, 5) is 0. The van der Waals surface area contributed by atoms with Crippen LogP contribution in [0.15, 0.2) is 28.8 Å². The molecule has 0 spiro atoms. The second kappa shape index (κ2) is 4.58. The van der Waals surface area contributed by atoms with Crippen LogP contribution in [0.25, 0.3) is 0 Å². The maximum absolute atomic E-state index is 9.23. The van der Waals surface area contributed by atoms with Crippen LogP contribution in [0.4, 0.5) is 5.13 Å². The Bertz CT molecular complexity index is 498. The fourth-order valence-corrected chi connectivity index (χ4v) is 1.40. The first-order valence-electron chi connectivity index (χ1n) is 4.33. The quantitative estimate of drug-likeness (QED) is 0.425. The molecule has 0 radical (unpaired) electrons. The summed E-state index contributed by atoms with van der Waals surface area (Å²) in [5, 5.41) is 30.2. The number of nitrogens with zero attached hydrogens (tertiary/aromatic N) is 3. The van der Waals surface area contributed by atoms with E-state index in [1.54, 1.807) is 11.6 Å². The van der Waals surface area contributed by atoms with Crippen molar-refractivity contribution in [3.63, 3.8) is 0 Å². The number of aromatic hydroxyl groups is 2. The van der Waals surface area contributed by atoms with E-state index in [1.807, 2.05) is 0 Å². The molecule has 0 aliphatic carbocycles. The van der Waals surface area contributed by atoms with Gasteiger partial charge in [-0.2, -0.15) is 5.10 Å². The lowest BCUT2D eigenvalue weighted by atomic mass is 10.2. The Kier molecular flexibility index (Phi) is 2.97. The fraction of sp³-hybridized carbons (Fsp3) is 0. The first-order valence-corrected chi connectivity index (χ1v) is 5.21. The highest BCUT2D eigenvalue weighted by Crippen LogP contribution is 2.24. The number of aromatic nitrogens is 2. The van der Waals surface area contributed by atoms with E-state index in [9.17, 15) is 5.11 Å². The number of benzene rings is 1. The van der Waals surface area contributed by atoms with E-state index in [1.165, 1.54) is 29.7 Å². The molecule has 0 amide bonds. The van der Waals surface area contributed by atoms with Gasteiger partial charge in [0.15, 0.2) is 11.5 Å². The molecule has 82 valence electrons. The van der Waals surface area contributed by atoms with Crippen molar-refractivity contribution in [2.75, 3.05) is 5.43 Å². The molecule has 3 N–H and O–H groups in total. The van der Waals surface area contributed by atoms with Crippen molar-refractivity contribution in [2.24, 2.45) is 5.10 Å². The predicted octanol–water partition coefficient (Wildman–Crippen LogP) is 1.40. The summed E-state index contributed by atoms with van der Waals surface area (Å²) in [6, 6.07) is 4.42. The Morgan fingerprint density at radius 1 is 1.31 bits per heavy atom. The molecule has 7 heteroatoms. The standard InChI is InChI=1S/C9H8N4O2S/c14-7-2-1-6(3-8(7)15)4-10-12-9-13-11-5-16-9/h1-5,14-15H,(H,12,13). The van der Waals surface area contributed by atoms with Gasteiger partial charge in [0.2, 0.25) is 5.13 Å². The van der Waals surface area contributed by atoms with Crippen LogP contribution < -0.4 is 5.43 Å². The molecule has 2 aromatic rings. The van der Waals surface area contributed by atoms with E-state index in [2.05, 4.69) is 20.7 Å². The summed E-state index contributed by atoms with van der Waals surface area (Å²) in [6.45, 7) is 0. The van der Waals surface area contributed by atoms with Crippen molar-refractivity contribution in [1.82, 2.24) is 10.2 Å². The Hall–Kier alpha value is -2.15. The second-order valence-electron chi connectivity index (χ2n) is 2.86. The van der Waals surface area contributed by atoms with E-state index in [0.717, 1.165) is 0 Å². The summed E-state index contributed by atoms with van der Waals surface area (Å²) in [7, 11) is 0. The number of hydrogen-bond acceptors (Lipinski definition) is 7. The van der Waals surface area contributed by atoms with Gasteiger partial charge in [-0.05, 0) is 23.8 Å². The highest BCUT2D eigenvalue weighted by molar-refractivity contribution is 7.13. The maximum Gasteiger partial charge on any atom is 0.225 e. The minimum Gasteiger partial charge on any atom is -0.504 e. The van der Waals surface area contributed by atoms with Gasteiger partial charge in [-0.25, -0.2) is 0 Å². The summed E-state index contributed by atoms with van der Waals surface area (Å²) in [5.74, 6) is -0.339. The molecule has 0 aliphatic heterocycles. The molecule has 1 heterocycles. The number of nitrogens with one attached hydrogen (secondary N) is 1. The van der Waals surface area contributed by atoms with Gasteiger partial charge in [-0.15, -0.1) is 10.2 Å². The molecule has 0 aliphatic rings. The third-order valence-corrected chi connectivity index (χ3v) is 2.33. The van der Waals surface area contributed by atoms with Gasteiger partial charge in [0.25, 0.3) is 0 Å². The van der Waals surface area contributed by atoms with Gasteiger partial charge in [-0.3, -0.25) is 5.43 Å². The summed E-state index contributed by atoms with van der Waals surface area (Å²) in [5.41, 5.74) is 4.92. The number of phenolic OH excluding ortho intramolecular Hbond substituents is 2. The van der Waals surface area contributed by atoms with Crippen molar-refractivity contribution >= 4 is 22.7 Å². The molecule has 16 heavy (non-hydrogen) atoms. The first kappa shape index (κ1) is 10.4. The van der Waals surface area contributed by atoms with Crippen LogP contribution in [0.3, 0.4) is 0 Å². The zero-order chi connectivity index (χ0) is 11.4. The highest BCUT2D eigenvalue weighted by Gasteiger charge is 1.98. The van der Waals surface area contributed by atoms with Crippen LogP contribution in [0.1, 0.15) is 5.56 Å². The van der Waals surface area contributed by atoms with E-state index in [4.69, 9.17) is 5.11 Å². The number of rotatable bonds is 3. The van der Waals surface area contributed by atoms with Crippen LogP contribution in [-0.2, 0) is 0 Å². The molecule has 1 aromatic heterocycles. The molecular formula is C9H8N4O2S. The summed E-state index contributed by atoms with van der Waals surface area (Å²) < 4.78 is 0.